The van der Waals surface area contributed by atoms with Crippen molar-refractivity contribution in [2.75, 3.05) is 14.2 Å². The van der Waals surface area contributed by atoms with Crippen LogP contribution in [0, 0.1) is 0 Å². The highest BCUT2D eigenvalue weighted by molar-refractivity contribution is 7.13. The van der Waals surface area contributed by atoms with Crippen LogP contribution in [0.25, 0.3) is 0 Å². The van der Waals surface area contributed by atoms with Gasteiger partial charge in [-0.05, 0) is 26.1 Å². The number of hydrogen-bond acceptors (Lipinski definition) is 4. The second kappa shape index (κ2) is 4.45. The maximum Gasteiger partial charge on any atom is 0.173 e. The van der Waals surface area contributed by atoms with Crippen molar-refractivity contribution in [2.45, 2.75) is 13.0 Å². The van der Waals surface area contributed by atoms with Gasteiger partial charge in [-0.15, -0.1) is 11.3 Å². The number of hydrazine groups is 1. The van der Waals surface area contributed by atoms with Gasteiger partial charge < -0.3 is 4.74 Å². The summed E-state index contributed by atoms with van der Waals surface area (Å²) in [4.78, 5) is 1.27. The van der Waals surface area contributed by atoms with Gasteiger partial charge in [0, 0.05) is 4.88 Å². The van der Waals surface area contributed by atoms with E-state index in [1.54, 1.807) is 18.4 Å². The first-order chi connectivity index (χ1) is 5.77. The van der Waals surface area contributed by atoms with Gasteiger partial charge in [0.05, 0.1) is 13.2 Å². The third-order valence-corrected chi connectivity index (χ3v) is 2.82. The maximum absolute atomic E-state index is 5.09. The predicted octanol–water partition coefficient (Wildman–Crippen LogP) is 1.54. The lowest BCUT2D eigenvalue weighted by Gasteiger charge is -2.09. The second-order valence-corrected chi connectivity index (χ2v) is 3.55. The Morgan fingerprint density at radius 3 is 2.75 bits per heavy atom. The van der Waals surface area contributed by atoms with Crippen LogP contribution < -0.4 is 15.6 Å². The third-order valence-electron chi connectivity index (χ3n) is 1.59. The first-order valence-corrected chi connectivity index (χ1v) is 4.65. The van der Waals surface area contributed by atoms with E-state index in [0.717, 1.165) is 5.06 Å². The van der Waals surface area contributed by atoms with Crippen LogP contribution in [-0.2, 0) is 0 Å². The van der Waals surface area contributed by atoms with Crippen molar-refractivity contribution in [2.24, 2.45) is 0 Å². The summed E-state index contributed by atoms with van der Waals surface area (Å²) in [7, 11) is 3.55. The van der Waals surface area contributed by atoms with Gasteiger partial charge in [-0.25, -0.2) is 0 Å². The van der Waals surface area contributed by atoms with Crippen LogP contribution in [0.5, 0.6) is 5.06 Å². The highest BCUT2D eigenvalue weighted by Gasteiger charge is 2.06. The monoisotopic (exact) mass is 186 g/mol. The largest absolute Gasteiger partial charge is 0.487 e. The molecule has 0 bridgehead atoms. The van der Waals surface area contributed by atoms with E-state index >= 15 is 0 Å². The summed E-state index contributed by atoms with van der Waals surface area (Å²) in [5, 5.41) is 0.953. The Morgan fingerprint density at radius 1 is 1.50 bits per heavy atom. The number of thiophene rings is 1. The van der Waals surface area contributed by atoms with E-state index in [9.17, 15) is 0 Å². The number of ether oxygens (including phenoxy) is 1. The fourth-order valence-corrected chi connectivity index (χ4v) is 1.79. The molecule has 3 nitrogen and oxygen atoms in total. The number of methoxy groups -OCH3 is 1. The van der Waals surface area contributed by atoms with Gasteiger partial charge in [0.1, 0.15) is 0 Å². The van der Waals surface area contributed by atoms with Crippen molar-refractivity contribution in [3.8, 4) is 5.06 Å². The quantitative estimate of drug-likeness (QED) is 0.700. The number of nitrogens with one attached hydrogen (secondary N) is 2. The molecule has 0 saturated carbocycles. The lowest BCUT2D eigenvalue weighted by Crippen LogP contribution is -2.29. The number of hydrogen-bond donors (Lipinski definition) is 2. The molecule has 68 valence electrons. The molecule has 2 N–H and O–H groups in total. The number of rotatable bonds is 4. The molecule has 0 spiro atoms. The van der Waals surface area contributed by atoms with Gasteiger partial charge in [0.25, 0.3) is 0 Å². The van der Waals surface area contributed by atoms with Crippen LogP contribution in [-0.4, -0.2) is 14.2 Å². The minimum absolute atomic E-state index is 0.323. The highest BCUT2D eigenvalue weighted by atomic mass is 32.1. The standard InChI is InChI=1S/C8H14N2OS/c1-6(10-9-2)7-4-5-8(11-3)12-7/h4-6,9-10H,1-3H3/t6-/m1/s1. The Bertz CT molecular complexity index is 237. The lowest BCUT2D eigenvalue weighted by molar-refractivity contribution is 0.427. The molecule has 0 aromatic carbocycles. The molecule has 0 saturated heterocycles. The van der Waals surface area contributed by atoms with Crippen LogP contribution >= 0.6 is 11.3 Å². The van der Waals surface area contributed by atoms with E-state index in [2.05, 4.69) is 23.8 Å². The minimum atomic E-state index is 0.323. The van der Waals surface area contributed by atoms with Crippen LogP contribution in [0.4, 0.5) is 0 Å². The zero-order valence-corrected chi connectivity index (χ0v) is 8.37. The summed E-state index contributed by atoms with van der Waals surface area (Å²) in [5.74, 6) is 0. The Hall–Kier alpha value is -0.580. The van der Waals surface area contributed by atoms with Crippen molar-refractivity contribution in [3.05, 3.63) is 17.0 Å². The second-order valence-electron chi connectivity index (χ2n) is 2.48. The highest BCUT2D eigenvalue weighted by Crippen LogP contribution is 2.28. The maximum atomic E-state index is 5.09. The predicted molar refractivity (Wildman–Crippen MR) is 51.5 cm³/mol. The average Bonchev–Trinajstić information content (AvgIpc) is 2.52. The normalized spacial score (nSPS) is 12.9. The molecule has 1 aromatic heterocycles. The molecular formula is C8H14N2OS. The van der Waals surface area contributed by atoms with Gasteiger partial charge in [0.15, 0.2) is 5.06 Å². The molecule has 0 radical (unpaired) electrons. The summed E-state index contributed by atoms with van der Waals surface area (Å²) in [6, 6.07) is 4.37. The SMILES string of the molecule is CNN[C@H](C)c1ccc(OC)s1. The molecule has 1 rings (SSSR count). The molecule has 0 fully saturated rings. The molecule has 4 heteroatoms. The fourth-order valence-electron chi connectivity index (χ4n) is 0.964. The van der Waals surface area contributed by atoms with Gasteiger partial charge in [-0.1, -0.05) is 0 Å². The Labute approximate surface area is 76.7 Å². The van der Waals surface area contributed by atoms with Gasteiger partial charge in [0.2, 0.25) is 0 Å². The van der Waals surface area contributed by atoms with Crippen molar-refractivity contribution in [1.82, 2.24) is 10.9 Å². The first-order valence-electron chi connectivity index (χ1n) is 3.84. The fraction of sp³-hybridized carbons (Fsp3) is 0.500. The molecule has 0 amide bonds. The lowest BCUT2D eigenvalue weighted by atomic mass is 10.3. The van der Waals surface area contributed by atoms with Crippen LogP contribution in [0.2, 0.25) is 0 Å². The summed E-state index contributed by atoms with van der Waals surface area (Å²) in [5.41, 5.74) is 6.01. The third kappa shape index (κ3) is 2.20. The molecule has 0 aliphatic heterocycles. The van der Waals surface area contributed by atoms with Gasteiger partial charge in [-0.3, -0.25) is 10.9 Å². The van der Waals surface area contributed by atoms with E-state index < -0.39 is 0 Å². The van der Waals surface area contributed by atoms with Crippen molar-refractivity contribution in [1.29, 1.82) is 0 Å². The molecule has 12 heavy (non-hydrogen) atoms. The molecule has 1 atom stereocenters. The van der Waals surface area contributed by atoms with Crippen LogP contribution in [0.15, 0.2) is 12.1 Å². The zero-order chi connectivity index (χ0) is 8.97. The minimum Gasteiger partial charge on any atom is -0.487 e. The topological polar surface area (TPSA) is 33.3 Å². The molecular weight excluding hydrogens is 172 g/mol. The van der Waals surface area contributed by atoms with Crippen molar-refractivity contribution < 1.29 is 4.74 Å². The molecule has 1 heterocycles. The van der Waals surface area contributed by atoms with E-state index in [1.165, 1.54) is 4.88 Å². The Kier molecular flexibility index (Phi) is 3.52. The van der Waals surface area contributed by atoms with Gasteiger partial charge in [-0.2, -0.15) is 0 Å². The van der Waals surface area contributed by atoms with Crippen molar-refractivity contribution >= 4 is 11.3 Å². The van der Waals surface area contributed by atoms with E-state index in [1.807, 2.05) is 13.1 Å². The summed E-state index contributed by atoms with van der Waals surface area (Å²) in [6.45, 7) is 2.10. The van der Waals surface area contributed by atoms with Gasteiger partial charge >= 0.3 is 0 Å². The van der Waals surface area contributed by atoms with E-state index in [-0.39, 0.29) is 0 Å². The van der Waals surface area contributed by atoms with E-state index in [0.29, 0.717) is 6.04 Å². The summed E-state index contributed by atoms with van der Waals surface area (Å²) in [6.07, 6.45) is 0. The zero-order valence-electron chi connectivity index (χ0n) is 7.55. The molecule has 0 aliphatic rings. The first kappa shape index (κ1) is 9.51. The Balaban J connectivity index is 2.61. The Morgan fingerprint density at radius 2 is 2.25 bits per heavy atom. The molecule has 0 unspecified atom stereocenters. The summed E-state index contributed by atoms with van der Waals surface area (Å²) >= 11 is 1.66. The smallest absolute Gasteiger partial charge is 0.173 e. The molecule has 0 aliphatic carbocycles. The van der Waals surface area contributed by atoms with Crippen LogP contribution in [0.1, 0.15) is 17.8 Å². The van der Waals surface area contributed by atoms with E-state index in [4.69, 9.17) is 4.74 Å². The summed E-state index contributed by atoms with van der Waals surface area (Å²) < 4.78 is 5.09. The average molecular weight is 186 g/mol. The van der Waals surface area contributed by atoms with Crippen molar-refractivity contribution in [3.63, 3.8) is 0 Å². The molecule has 1 aromatic rings. The van der Waals surface area contributed by atoms with Crippen LogP contribution in [0.3, 0.4) is 0 Å².